The first-order valence-corrected chi connectivity index (χ1v) is 5.84. The van der Waals surface area contributed by atoms with Crippen LogP contribution in [0.5, 0.6) is 0 Å². The highest BCUT2D eigenvalue weighted by Crippen LogP contribution is 2.38. The first-order valence-electron chi connectivity index (χ1n) is 5.84. The fourth-order valence-corrected chi connectivity index (χ4v) is 2.36. The average Bonchev–Trinajstić information content (AvgIpc) is 2.84. The summed E-state index contributed by atoms with van der Waals surface area (Å²) in [5.74, 6) is -0.250. The highest BCUT2D eigenvalue weighted by molar-refractivity contribution is 5.92. The van der Waals surface area contributed by atoms with Gasteiger partial charge in [-0.1, -0.05) is 60.7 Å². The molecular weight excluding hydrogens is 224 g/mol. The SMILES string of the molecule is O=C1OC=CC1(c1ccccc1)c1ccccc1. The summed E-state index contributed by atoms with van der Waals surface area (Å²) >= 11 is 0. The summed E-state index contributed by atoms with van der Waals surface area (Å²) < 4.78 is 5.06. The molecule has 2 aromatic carbocycles. The lowest BCUT2D eigenvalue weighted by atomic mass is 9.75. The van der Waals surface area contributed by atoms with Crippen LogP contribution in [0.25, 0.3) is 0 Å². The van der Waals surface area contributed by atoms with Crippen LogP contribution in [0.4, 0.5) is 0 Å². The molecule has 0 fully saturated rings. The van der Waals surface area contributed by atoms with Crippen LogP contribution < -0.4 is 0 Å². The highest BCUT2D eigenvalue weighted by atomic mass is 16.5. The maximum atomic E-state index is 12.2. The second-order valence-electron chi connectivity index (χ2n) is 4.25. The largest absolute Gasteiger partial charge is 0.434 e. The number of benzene rings is 2. The Bertz CT molecular complexity index is 546. The van der Waals surface area contributed by atoms with E-state index in [9.17, 15) is 4.79 Å². The average molecular weight is 236 g/mol. The molecule has 1 heterocycles. The molecule has 0 aliphatic carbocycles. The van der Waals surface area contributed by atoms with Gasteiger partial charge in [0.1, 0.15) is 5.41 Å². The molecule has 0 bridgehead atoms. The molecular formula is C16H12O2. The zero-order chi connectivity index (χ0) is 12.4. The van der Waals surface area contributed by atoms with Crippen molar-refractivity contribution in [3.05, 3.63) is 84.1 Å². The van der Waals surface area contributed by atoms with E-state index < -0.39 is 5.41 Å². The summed E-state index contributed by atoms with van der Waals surface area (Å²) in [5.41, 5.74) is 1.05. The fourth-order valence-electron chi connectivity index (χ4n) is 2.36. The fraction of sp³-hybridized carbons (Fsp3) is 0.0625. The van der Waals surface area contributed by atoms with Crippen molar-refractivity contribution in [2.45, 2.75) is 5.41 Å². The molecule has 2 aromatic rings. The minimum atomic E-state index is -0.803. The number of carbonyl (C=O) groups is 1. The van der Waals surface area contributed by atoms with Gasteiger partial charge in [0.25, 0.3) is 0 Å². The molecule has 2 heteroatoms. The lowest BCUT2D eigenvalue weighted by molar-refractivity contribution is -0.139. The molecule has 0 saturated carbocycles. The lowest BCUT2D eigenvalue weighted by Gasteiger charge is -2.24. The summed E-state index contributed by atoms with van der Waals surface area (Å²) in [4.78, 5) is 12.2. The van der Waals surface area contributed by atoms with Crippen LogP contribution in [-0.2, 0) is 14.9 Å². The van der Waals surface area contributed by atoms with Crippen molar-refractivity contribution in [3.63, 3.8) is 0 Å². The van der Waals surface area contributed by atoms with Crippen molar-refractivity contribution >= 4 is 5.97 Å². The highest BCUT2D eigenvalue weighted by Gasteiger charge is 2.44. The number of hydrogen-bond donors (Lipinski definition) is 0. The maximum absolute atomic E-state index is 12.2. The van der Waals surface area contributed by atoms with Gasteiger partial charge < -0.3 is 4.74 Å². The van der Waals surface area contributed by atoms with E-state index in [1.54, 1.807) is 0 Å². The van der Waals surface area contributed by atoms with Gasteiger partial charge in [-0.25, -0.2) is 4.79 Å². The molecule has 0 amide bonds. The molecule has 18 heavy (non-hydrogen) atoms. The molecule has 0 radical (unpaired) electrons. The van der Waals surface area contributed by atoms with E-state index in [0.29, 0.717) is 0 Å². The van der Waals surface area contributed by atoms with E-state index in [1.165, 1.54) is 6.26 Å². The number of hydrogen-bond acceptors (Lipinski definition) is 2. The van der Waals surface area contributed by atoms with Crippen LogP contribution in [0.3, 0.4) is 0 Å². The second-order valence-corrected chi connectivity index (χ2v) is 4.25. The van der Waals surface area contributed by atoms with Gasteiger partial charge in [-0.2, -0.15) is 0 Å². The second kappa shape index (κ2) is 4.15. The summed E-state index contributed by atoms with van der Waals surface area (Å²) in [5, 5.41) is 0. The Hall–Kier alpha value is -2.35. The lowest BCUT2D eigenvalue weighted by Crippen LogP contribution is -2.32. The molecule has 0 spiro atoms. The quantitative estimate of drug-likeness (QED) is 0.749. The normalized spacial score (nSPS) is 16.6. The van der Waals surface area contributed by atoms with Crippen molar-refractivity contribution in [2.75, 3.05) is 0 Å². The summed E-state index contributed by atoms with van der Waals surface area (Å²) in [6, 6.07) is 19.4. The van der Waals surface area contributed by atoms with Crippen molar-refractivity contribution in [1.29, 1.82) is 0 Å². The summed E-state index contributed by atoms with van der Waals surface area (Å²) in [6.07, 6.45) is 3.29. The zero-order valence-corrected chi connectivity index (χ0v) is 9.74. The Balaban J connectivity index is 2.24. The molecule has 3 rings (SSSR count). The molecule has 0 atom stereocenters. The van der Waals surface area contributed by atoms with Crippen molar-refractivity contribution < 1.29 is 9.53 Å². The van der Waals surface area contributed by atoms with Crippen LogP contribution in [0.2, 0.25) is 0 Å². The van der Waals surface area contributed by atoms with E-state index in [2.05, 4.69) is 0 Å². The van der Waals surface area contributed by atoms with Gasteiger partial charge in [-0.05, 0) is 17.2 Å². The van der Waals surface area contributed by atoms with E-state index in [1.807, 2.05) is 66.7 Å². The predicted molar refractivity (Wildman–Crippen MR) is 68.9 cm³/mol. The van der Waals surface area contributed by atoms with E-state index >= 15 is 0 Å². The minimum Gasteiger partial charge on any atom is -0.434 e. The van der Waals surface area contributed by atoms with Crippen molar-refractivity contribution in [1.82, 2.24) is 0 Å². The zero-order valence-electron chi connectivity index (χ0n) is 9.74. The first-order chi connectivity index (χ1) is 8.84. The Labute approximate surface area is 106 Å². The van der Waals surface area contributed by atoms with Crippen molar-refractivity contribution in [2.24, 2.45) is 0 Å². The van der Waals surface area contributed by atoms with Gasteiger partial charge in [0.15, 0.2) is 0 Å². The molecule has 1 aliphatic heterocycles. The van der Waals surface area contributed by atoms with Gasteiger partial charge in [-0.3, -0.25) is 0 Å². The van der Waals surface area contributed by atoms with Gasteiger partial charge in [-0.15, -0.1) is 0 Å². The van der Waals surface area contributed by atoms with Crippen molar-refractivity contribution in [3.8, 4) is 0 Å². The van der Waals surface area contributed by atoms with Crippen LogP contribution >= 0.6 is 0 Å². The predicted octanol–water partition coefficient (Wildman–Crippen LogP) is 3.04. The first kappa shape index (κ1) is 10.8. The number of cyclic esters (lactones) is 1. The van der Waals surface area contributed by atoms with Crippen LogP contribution in [-0.4, -0.2) is 5.97 Å². The monoisotopic (exact) mass is 236 g/mol. The summed E-state index contributed by atoms with van der Waals surface area (Å²) in [7, 11) is 0. The standard InChI is InChI=1S/C16H12O2/c17-15-16(11-12-18-15,13-7-3-1-4-8-13)14-9-5-2-6-10-14/h1-12H. The molecule has 0 aromatic heterocycles. The molecule has 88 valence electrons. The molecule has 0 saturated heterocycles. The van der Waals surface area contributed by atoms with E-state index in [4.69, 9.17) is 4.74 Å². The van der Waals surface area contributed by atoms with Gasteiger partial charge in [0, 0.05) is 0 Å². The van der Waals surface area contributed by atoms with Crippen LogP contribution in [0.15, 0.2) is 73.0 Å². The number of ether oxygens (including phenoxy) is 1. The van der Waals surface area contributed by atoms with E-state index in [0.717, 1.165) is 11.1 Å². The number of esters is 1. The summed E-state index contributed by atoms with van der Waals surface area (Å²) in [6.45, 7) is 0. The Morgan fingerprint density at radius 2 is 1.28 bits per heavy atom. The third-order valence-electron chi connectivity index (χ3n) is 3.27. The Morgan fingerprint density at radius 1 is 0.778 bits per heavy atom. The van der Waals surface area contributed by atoms with E-state index in [-0.39, 0.29) is 5.97 Å². The Kier molecular flexibility index (Phi) is 2.49. The third-order valence-corrected chi connectivity index (χ3v) is 3.27. The smallest absolute Gasteiger partial charge is 0.329 e. The molecule has 0 unspecified atom stereocenters. The minimum absolute atomic E-state index is 0.250. The number of carbonyl (C=O) groups excluding carboxylic acids is 1. The van der Waals surface area contributed by atoms with Gasteiger partial charge >= 0.3 is 5.97 Å². The topological polar surface area (TPSA) is 26.3 Å². The number of rotatable bonds is 2. The van der Waals surface area contributed by atoms with Gasteiger partial charge in [0.05, 0.1) is 6.26 Å². The van der Waals surface area contributed by atoms with Gasteiger partial charge in [0.2, 0.25) is 0 Å². The van der Waals surface area contributed by atoms with Crippen LogP contribution in [0, 0.1) is 0 Å². The third kappa shape index (κ3) is 1.46. The molecule has 1 aliphatic rings. The molecule has 2 nitrogen and oxygen atoms in total. The maximum Gasteiger partial charge on any atom is 0.329 e. The van der Waals surface area contributed by atoms with Crippen LogP contribution in [0.1, 0.15) is 11.1 Å². The molecule has 0 N–H and O–H groups in total. The Morgan fingerprint density at radius 3 is 1.67 bits per heavy atom.